The van der Waals surface area contributed by atoms with Crippen molar-refractivity contribution in [2.24, 2.45) is 0 Å². The van der Waals surface area contributed by atoms with Crippen molar-refractivity contribution < 1.29 is 9.53 Å². The fourth-order valence-corrected chi connectivity index (χ4v) is 3.47. The maximum atomic E-state index is 12.1. The smallest absolute Gasteiger partial charge is 0.410 e. The number of fused-ring (bicyclic) bond motifs is 3. The van der Waals surface area contributed by atoms with Crippen LogP contribution in [0.5, 0.6) is 0 Å². The van der Waals surface area contributed by atoms with E-state index in [4.69, 9.17) is 4.74 Å². The lowest BCUT2D eigenvalue weighted by atomic mass is 10.0. The molecule has 24 heavy (non-hydrogen) atoms. The Kier molecular flexibility index (Phi) is 4.81. The molecule has 0 fully saturated rings. The van der Waals surface area contributed by atoms with Crippen LogP contribution >= 0.6 is 15.9 Å². The molecule has 0 N–H and O–H groups in total. The summed E-state index contributed by atoms with van der Waals surface area (Å²) in [4.78, 5) is 13.9. The lowest BCUT2D eigenvalue weighted by Gasteiger charge is -2.27. The van der Waals surface area contributed by atoms with Crippen molar-refractivity contribution in [3.63, 3.8) is 0 Å². The van der Waals surface area contributed by atoms with Crippen molar-refractivity contribution >= 4 is 39.1 Å². The number of aromatic nitrogens is 1. The van der Waals surface area contributed by atoms with Crippen molar-refractivity contribution in [2.75, 3.05) is 13.2 Å². The SMILES string of the molecule is C=C(C)C=Cn1c2c(c3cc(Br)ccc31)CN(C(=O)OCC)CC2. The third-order valence-electron chi connectivity index (χ3n) is 4.18. The van der Waals surface area contributed by atoms with Crippen LogP contribution in [0.1, 0.15) is 25.1 Å². The summed E-state index contributed by atoms with van der Waals surface area (Å²) < 4.78 is 8.41. The van der Waals surface area contributed by atoms with Gasteiger partial charge in [-0.15, -0.1) is 0 Å². The zero-order chi connectivity index (χ0) is 17.3. The summed E-state index contributed by atoms with van der Waals surface area (Å²) in [5, 5.41) is 1.17. The molecule has 0 atom stereocenters. The van der Waals surface area contributed by atoms with E-state index in [0.717, 1.165) is 22.0 Å². The number of benzene rings is 1. The maximum absolute atomic E-state index is 12.1. The average molecular weight is 389 g/mol. The molecular weight excluding hydrogens is 368 g/mol. The van der Waals surface area contributed by atoms with Gasteiger partial charge in [-0.2, -0.15) is 0 Å². The lowest BCUT2D eigenvalue weighted by Crippen LogP contribution is -2.36. The quantitative estimate of drug-likeness (QED) is 0.695. The number of allylic oxidation sites excluding steroid dienone is 2. The van der Waals surface area contributed by atoms with Crippen molar-refractivity contribution in [2.45, 2.75) is 26.8 Å². The molecule has 2 aromatic rings. The zero-order valence-corrected chi connectivity index (χ0v) is 15.6. The van der Waals surface area contributed by atoms with Gasteiger partial charge < -0.3 is 14.2 Å². The first-order valence-electron chi connectivity index (χ1n) is 8.08. The van der Waals surface area contributed by atoms with E-state index in [1.54, 1.807) is 4.90 Å². The molecule has 1 aliphatic heterocycles. The normalized spacial score (nSPS) is 14.2. The van der Waals surface area contributed by atoms with Crippen LogP contribution < -0.4 is 0 Å². The first-order valence-corrected chi connectivity index (χ1v) is 8.87. The third kappa shape index (κ3) is 3.13. The molecule has 1 aromatic carbocycles. The minimum Gasteiger partial charge on any atom is -0.450 e. The van der Waals surface area contributed by atoms with Crippen LogP contribution in [-0.4, -0.2) is 28.7 Å². The molecule has 4 nitrogen and oxygen atoms in total. The van der Waals surface area contributed by atoms with Crippen molar-refractivity contribution in [1.82, 2.24) is 9.47 Å². The zero-order valence-electron chi connectivity index (χ0n) is 14.0. The predicted octanol–water partition coefficient (Wildman–Crippen LogP) is 4.97. The Labute approximate surface area is 150 Å². The summed E-state index contributed by atoms with van der Waals surface area (Å²) in [6.45, 7) is 9.40. The Bertz CT molecular complexity index is 835. The number of hydrogen-bond donors (Lipinski definition) is 0. The summed E-state index contributed by atoms with van der Waals surface area (Å²) >= 11 is 3.55. The number of hydrogen-bond acceptors (Lipinski definition) is 2. The van der Waals surface area contributed by atoms with Gasteiger partial charge in [0.2, 0.25) is 0 Å². The second kappa shape index (κ2) is 6.85. The highest BCUT2D eigenvalue weighted by Crippen LogP contribution is 2.33. The monoisotopic (exact) mass is 388 g/mol. The number of carbonyl (C=O) groups excluding carboxylic acids is 1. The highest BCUT2D eigenvalue weighted by Gasteiger charge is 2.26. The van der Waals surface area contributed by atoms with Gasteiger partial charge in [-0.25, -0.2) is 4.79 Å². The summed E-state index contributed by atoms with van der Waals surface area (Å²) in [6, 6.07) is 6.27. The molecule has 0 saturated carbocycles. The molecule has 126 valence electrons. The number of ether oxygens (including phenoxy) is 1. The van der Waals surface area contributed by atoms with Crippen molar-refractivity contribution in [3.05, 3.63) is 52.2 Å². The van der Waals surface area contributed by atoms with E-state index >= 15 is 0 Å². The summed E-state index contributed by atoms with van der Waals surface area (Å²) in [5.74, 6) is 0. The molecule has 3 rings (SSSR count). The Morgan fingerprint density at radius 1 is 1.46 bits per heavy atom. The molecule has 0 unspecified atom stereocenters. The molecule has 0 spiro atoms. The molecule has 2 heterocycles. The summed E-state index contributed by atoms with van der Waals surface area (Å²) in [7, 11) is 0. The number of halogens is 1. The van der Waals surface area contributed by atoms with E-state index in [9.17, 15) is 4.79 Å². The first-order chi connectivity index (χ1) is 11.5. The van der Waals surface area contributed by atoms with Crippen LogP contribution in [0.3, 0.4) is 0 Å². The predicted molar refractivity (Wildman–Crippen MR) is 101 cm³/mol. The number of carbonyl (C=O) groups is 1. The van der Waals surface area contributed by atoms with Gasteiger partial charge in [-0.05, 0) is 38.1 Å². The van der Waals surface area contributed by atoms with Crippen LogP contribution in [0.2, 0.25) is 0 Å². The van der Waals surface area contributed by atoms with Gasteiger partial charge >= 0.3 is 6.09 Å². The minimum atomic E-state index is -0.239. The minimum absolute atomic E-state index is 0.239. The van der Waals surface area contributed by atoms with Gasteiger partial charge in [-0.1, -0.05) is 28.1 Å². The highest BCUT2D eigenvalue weighted by atomic mass is 79.9. The molecule has 1 amide bonds. The van der Waals surface area contributed by atoms with Gasteiger partial charge in [0.05, 0.1) is 18.7 Å². The van der Waals surface area contributed by atoms with Crippen molar-refractivity contribution in [3.8, 4) is 0 Å². The van der Waals surface area contributed by atoms with E-state index < -0.39 is 0 Å². The van der Waals surface area contributed by atoms with Crippen LogP contribution in [-0.2, 0) is 17.7 Å². The van der Waals surface area contributed by atoms with Crippen LogP contribution in [0, 0.1) is 0 Å². The Morgan fingerprint density at radius 2 is 2.25 bits per heavy atom. The number of amides is 1. The largest absolute Gasteiger partial charge is 0.450 e. The topological polar surface area (TPSA) is 34.5 Å². The van der Waals surface area contributed by atoms with Gasteiger partial charge in [0.15, 0.2) is 0 Å². The molecular formula is C19H21BrN2O2. The standard InChI is InChI=1S/C19H21BrN2O2/c1-4-24-19(23)21-9-8-18-16(12-21)15-11-14(20)5-6-17(15)22(18)10-7-13(2)3/h5-7,10-11H,2,4,8-9,12H2,1,3H3. The Hall–Kier alpha value is -2.01. The average Bonchev–Trinajstić information content (AvgIpc) is 2.85. The second-order valence-electron chi connectivity index (χ2n) is 5.99. The van der Waals surface area contributed by atoms with E-state index in [0.29, 0.717) is 19.7 Å². The van der Waals surface area contributed by atoms with Crippen LogP contribution in [0.15, 0.2) is 40.9 Å². The highest BCUT2D eigenvalue weighted by molar-refractivity contribution is 9.10. The summed E-state index contributed by atoms with van der Waals surface area (Å²) in [6.07, 6.45) is 4.65. The van der Waals surface area contributed by atoms with E-state index in [1.165, 1.54) is 16.6 Å². The molecule has 0 aliphatic carbocycles. The Morgan fingerprint density at radius 3 is 2.96 bits per heavy atom. The molecule has 0 saturated heterocycles. The number of rotatable bonds is 3. The molecule has 0 radical (unpaired) electrons. The molecule has 1 aromatic heterocycles. The maximum Gasteiger partial charge on any atom is 0.410 e. The van der Waals surface area contributed by atoms with E-state index in [2.05, 4.69) is 45.4 Å². The summed E-state index contributed by atoms with van der Waals surface area (Å²) in [5.41, 5.74) is 4.59. The van der Waals surface area contributed by atoms with E-state index in [1.807, 2.05) is 26.0 Å². The van der Waals surface area contributed by atoms with Crippen LogP contribution in [0.4, 0.5) is 4.79 Å². The molecule has 0 bridgehead atoms. The van der Waals surface area contributed by atoms with Crippen LogP contribution in [0.25, 0.3) is 17.1 Å². The van der Waals surface area contributed by atoms with Crippen molar-refractivity contribution in [1.29, 1.82) is 0 Å². The molecule has 5 heteroatoms. The fourth-order valence-electron chi connectivity index (χ4n) is 3.11. The first kappa shape index (κ1) is 16.8. The third-order valence-corrected chi connectivity index (χ3v) is 4.68. The molecule has 1 aliphatic rings. The van der Waals surface area contributed by atoms with E-state index in [-0.39, 0.29) is 6.09 Å². The fraction of sp³-hybridized carbons (Fsp3) is 0.316. The van der Waals surface area contributed by atoms with Gasteiger partial charge in [0, 0.05) is 40.3 Å². The Balaban J connectivity index is 2.09. The van der Waals surface area contributed by atoms with Gasteiger partial charge in [-0.3, -0.25) is 0 Å². The lowest BCUT2D eigenvalue weighted by molar-refractivity contribution is 0.102. The second-order valence-corrected chi connectivity index (χ2v) is 6.90. The number of nitrogens with zero attached hydrogens (tertiary/aromatic N) is 2. The van der Waals surface area contributed by atoms with Gasteiger partial charge in [0.1, 0.15) is 0 Å². The van der Waals surface area contributed by atoms with Gasteiger partial charge in [0.25, 0.3) is 0 Å².